The fourth-order valence-corrected chi connectivity index (χ4v) is 7.28. The van der Waals surface area contributed by atoms with Crippen LogP contribution in [-0.2, 0) is 9.53 Å². The lowest BCUT2D eigenvalue weighted by Crippen LogP contribution is -2.74. The fourth-order valence-electron chi connectivity index (χ4n) is 7.28. The summed E-state index contributed by atoms with van der Waals surface area (Å²) < 4.78 is 5.68. The molecule has 4 nitrogen and oxygen atoms in total. The van der Waals surface area contributed by atoms with Crippen LogP contribution < -0.4 is 0 Å². The summed E-state index contributed by atoms with van der Waals surface area (Å²) in [5.41, 5.74) is 0.693. The smallest absolute Gasteiger partial charge is 0.336 e. The molecular weight excluding hydrogens is 324 g/mol. The maximum absolute atomic E-state index is 13.4. The SMILES string of the molecule is CCOC(=O)C12N=CC3C4CCCC41N(C)CC2C3(C)CCC=C(C)C. The fraction of sp³-hybridized carbons (Fsp3) is 0.818. The average molecular weight is 359 g/mol. The summed E-state index contributed by atoms with van der Waals surface area (Å²) in [6.45, 7) is 10.1. The van der Waals surface area contributed by atoms with Crippen LogP contribution in [0.1, 0.15) is 59.8 Å². The number of nitrogens with zero attached hydrogens (tertiary/aromatic N) is 2. The molecule has 2 aliphatic carbocycles. The van der Waals surface area contributed by atoms with Crippen LogP contribution in [-0.4, -0.2) is 48.4 Å². The first-order valence-corrected chi connectivity index (χ1v) is 10.4. The van der Waals surface area contributed by atoms with Crippen LogP contribution in [0.4, 0.5) is 0 Å². The highest BCUT2D eigenvalue weighted by Gasteiger charge is 2.81. The third-order valence-electron chi connectivity index (χ3n) is 8.24. The maximum Gasteiger partial charge on any atom is 0.336 e. The van der Waals surface area contributed by atoms with E-state index in [1.807, 2.05) is 6.92 Å². The van der Waals surface area contributed by atoms with Crippen LogP contribution in [0.15, 0.2) is 16.6 Å². The maximum atomic E-state index is 13.4. The number of aliphatic imine (C=N–C) groups is 1. The van der Waals surface area contributed by atoms with Crippen molar-refractivity contribution in [1.29, 1.82) is 0 Å². The molecular formula is C22H34N2O2. The number of carbonyl (C=O) groups is 1. The second-order valence-electron chi connectivity index (χ2n) is 9.47. The minimum atomic E-state index is -0.687. The molecule has 144 valence electrons. The molecule has 0 aromatic carbocycles. The van der Waals surface area contributed by atoms with Gasteiger partial charge in [0.1, 0.15) is 0 Å². The first-order chi connectivity index (χ1) is 12.3. The highest BCUT2D eigenvalue weighted by Crippen LogP contribution is 2.71. The summed E-state index contributed by atoms with van der Waals surface area (Å²) in [6.07, 6.45) is 10.2. The Labute approximate surface area is 158 Å². The van der Waals surface area contributed by atoms with Crippen molar-refractivity contribution in [3.63, 3.8) is 0 Å². The lowest BCUT2D eigenvalue weighted by molar-refractivity contribution is -0.168. The monoisotopic (exact) mass is 358 g/mol. The third-order valence-corrected chi connectivity index (χ3v) is 8.24. The molecule has 26 heavy (non-hydrogen) atoms. The van der Waals surface area contributed by atoms with Gasteiger partial charge in [-0.2, -0.15) is 0 Å². The molecule has 0 radical (unpaired) electrons. The Morgan fingerprint density at radius 2 is 2.19 bits per heavy atom. The van der Waals surface area contributed by atoms with Gasteiger partial charge in [-0.25, -0.2) is 4.79 Å². The largest absolute Gasteiger partial charge is 0.464 e. The van der Waals surface area contributed by atoms with Crippen molar-refractivity contribution in [1.82, 2.24) is 4.90 Å². The van der Waals surface area contributed by atoms with Crippen LogP contribution in [0, 0.1) is 23.2 Å². The lowest BCUT2D eigenvalue weighted by Gasteiger charge is -2.62. The van der Waals surface area contributed by atoms with E-state index in [-0.39, 0.29) is 22.8 Å². The number of esters is 1. The summed E-state index contributed by atoms with van der Waals surface area (Å²) in [6, 6.07) is 0. The number of likely N-dealkylation sites (tertiary alicyclic amines) is 1. The lowest BCUT2D eigenvalue weighted by atomic mass is 9.45. The van der Waals surface area contributed by atoms with E-state index in [1.54, 1.807) is 0 Å². The molecule has 3 heterocycles. The van der Waals surface area contributed by atoms with Gasteiger partial charge in [-0.05, 0) is 64.8 Å². The third kappa shape index (κ3) is 1.95. The van der Waals surface area contributed by atoms with Crippen molar-refractivity contribution in [3.8, 4) is 0 Å². The van der Waals surface area contributed by atoms with Gasteiger partial charge in [0.25, 0.3) is 0 Å². The number of hydrogen-bond donors (Lipinski definition) is 0. The predicted octanol–water partition coefficient (Wildman–Crippen LogP) is 3.86. The van der Waals surface area contributed by atoms with Crippen LogP contribution in [0.2, 0.25) is 0 Å². The zero-order valence-electron chi connectivity index (χ0n) is 17.0. The summed E-state index contributed by atoms with van der Waals surface area (Å²) in [5.74, 6) is 1.21. The van der Waals surface area contributed by atoms with E-state index in [2.05, 4.69) is 45.0 Å². The molecule has 1 spiro atoms. The summed E-state index contributed by atoms with van der Waals surface area (Å²) >= 11 is 0. The molecule has 3 fully saturated rings. The van der Waals surface area contributed by atoms with Crippen LogP contribution >= 0.6 is 0 Å². The molecule has 4 heteroatoms. The molecule has 2 saturated carbocycles. The van der Waals surface area contributed by atoms with Crippen molar-refractivity contribution in [2.45, 2.75) is 70.9 Å². The second kappa shape index (κ2) is 5.92. The Bertz CT molecular complexity index is 667. The van der Waals surface area contributed by atoms with Crippen LogP contribution in [0.3, 0.4) is 0 Å². The molecule has 6 unspecified atom stereocenters. The van der Waals surface area contributed by atoms with Gasteiger partial charge in [-0.3, -0.25) is 9.89 Å². The first-order valence-electron chi connectivity index (χ1n) is 10.4. The summed E-state index contributed by atoms with van der Waals surface area (Å²) in [7, 11) is 2.23. The van der Waals surface area contributed by atoms with Crippen molar-refractivity contribution in [2.24, 2.45) is 28.2 Å². The van der Waals surface area contributed by atoms with Crippen molar-refractivity contribution < 1.29 is 9.53 Å². The van der Waals surface area contributed by atoms with E-state index in [4.69, 9.17) is 9.73 Å². The van der Waals surface area contributed by atoms with E-state index in [0.29, 0.717) is 18.4 Å². The summed E-state index contributed by atoms with van der Waals surface area (Å²) in [5, 5.41) is 0. The van der Waals surface area contributed by atoms with Gasteiger partial charge < -0.3 is 4.74 Å². The predicted molar refractivity (Wildman–Crippen MR) is 104 cm³/mol. The molecule has 4 bridgehead atoms. The standard InChI is InChI=1S/C22H34N2O2/c1-6-26-19(25)22-18-14-24(5)21(22)12-8-10-16(21)17(13-23-22)20(18,4)11-7-9-15(2)3/h9,13,16-18H,6-8,10-12,14H2,1-5H3. The number of rotatable bonds is 5. The molecule has 0 N–H and O–H groups in total. The Hall–Kier alpha value is -1.16. The zero-order chi connectivity index (χ0) is 18.7. The Balaban J connectivity index is 1.83. The van der Waals surface area contributed by atoms with E-state index in [0.717, 1.165) is 25.8 Å². The van der Waals surface area contributed by atoms with Crippen LogP contribution in [0.5, 0.6) is 0 Å². The van der Waals surface area contributed by atoms with Gasteiger partial charge in [-0.15, -0.1) is 0 Å². The topological polar surface area (TPSA) is 41.9 Å². The normalized spacial score (nSPS) is 45.7. The number of carbonyl (C=O) groups excluding carboxylic acids is 1. The number of hydrogen-bond acceptors (Lipinski definition) is 4. The van der Waals surface area contributed by atoms with Gasteiger partial charge in [0.15, 0.2) is 5.54 Å². The van der Waals surface area contributed by atoms with Crippen LogP contribution in [0.25, 0.3) is 0 Å². The minimum Gasteiger partial charge on any atom is -0.464 e. The molecule has 3 aliphatic heterocycles. The van der Waals surface area contributed by atoms with E-state index in [9.17, 15) is 4.79 Å². The average Bonchev–Trinajstić information content (AvgIpc) is 3.13. The Kier molecular flexibility index (Phi) is 4.15. The van der Waals surface area contributed by atoms with E-state index in [1.165, 1.54) is 18.4 Å². The highest BCUT2D eigenvalue weighted by atomic mass is 16.5. The molecule has 0 aromatic rings. The van der Waals surface area contributed by atoms with Gasteiger partial charge in [0, 0.05) is 24.6 Å². The Morgan fingerprint density at radius 3 is 2.88 bits per heavy atom. The molecule has 1 saturated heterocycles. The first kappa shape index (κ1) is 18.2. The summed E-state index contributed by atoms with van der Waals surface area (Å²) in [4.78, 5) is 21.0. The van der Waals surface area contributed by atoms with Gasteiger partial charge >= 0.3 is 5.97 Å². The van der Waals surface area contributed by atoms with Gasteiger partial charge in [0.2, 0.25) is 0 Å². The quantitative estimate of drug-likeness (QED) is 0.554. The van der Waals surface area contributed by atoms with Crippen molar-refractivity contribution in [2.75, 3.05) is 20.2 Å². The highest BCUT2D eigenvalue weighted by molar-refractivity contribution is 5.90. The number of likely N-dealkylation sites (N-methyl/N-ethyl adjacent to an activating group) is 1. The molecule has 0 amide bonds. The van der Waals surface area contributed by atoms with Crippen molar-refractivity contribution in [3.05, 3.63) is 11.6 Å². The Morgan fingerprint density at radius 1 is 1.42 bits per heavy atom. The van der Waals surface area contributed by atoms with E-state index >= 15 is 0 Å². The second-order valence-corrected chi connectivity index (χ2v) is 9.47. The van der Waals surface area contributed by atoms with E-state index < -0.39 is 5.54 Å². The van der Waals surface area contributed by atoms with Gasteiger partial charge in [-0.1, -0.05) is 25.0 Å². The molecule has 5 rings (SSSR count). The molecule has 0 aromatic heterocycles. The molecule has 6 atom stereocenters. The number of ether oxygens (including phenoxy) is 1. The number of allylic oxidation sites excluding steroid dienone is 2. The minimum absolute atomic E-state index is 0.0657. The zero-order valence-corrected chi connectivity index (χ0v) is 17.0. The van der Waals surface area contributed by atoms with Gasteiger partial charge in [0.05, 0.1) is 12.1 Å². The van der Waals surface area contributed by atoms with Crippen molar-refractivity contribution >= 4 is 12.2 Å². The molecule has 5 aliphatic rings.